The number of hydrogen-bond acceptors (Lipinski definition) is 4. The number of hydrogen-bond donors (Lipinski definition) is 1. The molecule has 1 rings (SSSR count). The number of aromatic nitrogens is 1. The minimum atomic E-state index is 0.327. The molecule has 0 bridgehead atoms. The van der Waals surface area contributed by atoms with Gasteiger partial charge in [0.2, 0.25) is 0 Å². The summed E-state index contributed by atoms with van der Waals surface area (Å²) in [5, 5.41) is 3.24. The van der Waals surface area contributed by atoms with Gasteiger partial charge < -0.3 is 15.0 Å². The van der Waals surface area contributed by atoms with Crippen LogP contribution in [0, 0.1) is 0 Å². The van der Waals surface area contributed by atoms with Gasteiger partial charge in [-0.3, -0.25) is 4.98 Å². The summed E-state index contributed by atoms with van der Waals surface area (Å²) < 4.78 is 5.65. The Labute approximate surface area is 110 Å². The van der Waals surface area contributed by atoms with Crippen LogP contribution in [0.3, 0.4) is 0 Å². The molecule has 18 heavy (non-hydrogen) atoms. The van der Waals surface area contributed by atoms with Crippen LogP contribution in [0.25, 0.3) is 0 Å². The summed E-state index contributed by atoms with van der Waals surface area (Å²) in [6.07, 6.45) is 3.88. The number of nitrogens with one attached hydrogen (secondary N) is 1. The zero-order valence-electron chi connectivity index (χ0n) is 11.9. The third-order valence-corrected chi connectivity index (χ3v) is 2.89. The molecule has 0 radical (unpaired) electrons. The quantitative estimate of drug-likeness (QED) is 0.718. The van der Waals surface area contributed by atoms with Crippen molar-refractivity contribution in [2.75, 3.05) is 34.3 Å². The van der Waals surface area contributed by atoms with Gasteiger partial charge in [-0.25, -0.2) is 0 Å². The summed E-state index contributed by atoms with van der Waals surface area (Å²) in [6, 6.07) is 4.36. The van der Waals surface area contributed by atoms with Gasteiger partial charge in [-0.1, -0.05) is 6.92 Å². The summed E-state index contributed by atoms with van der Waals surface area (Å²) in [5.41, 5.74) is 1.07. The van der Waals surface area contributed by atoms with Crippen LogP contribution in [-0.2, 0) is 0 Å². The van der Waals surface area contributed by atoms with Crippen molar-refractivity contribution < 1.29 is 4.74 Å². The van der Waals surface area contributed by atoms with Crippen molar-refractivity contribution in [1.82, 2.24) is 15.2 Å². The molecular formula is C14H25N3O. The van der Waals surface area contributed by atoms with Gasteiger partial charge in [0.15, 0.2) is 0 Å². The first kappa shape index (κ1) is 14.9. The van der Waals surface area contributed by atoms with Crippen molar-refractivity contribution in [3.63, 3.8) is 0 Å². The molecule has 0 spiro atoms. The SMILES string of the molecule is CCC(NC)c1ccc(OCCCN(C)C)cn1. The van der Waals surface area contributed by atoms with Crippen molar-refractivity contribution in [3.05, 3.63) is 24.0 Å². The highest BCUT2D eigenvalue weighted by Crippen LogP contribution is 2.16. The summed E-state index contributed by atoms with van der Waals surface area (Å²) >= 11 is 0. The summed E-state index contributed by atoms with van der Waals surface area (Å²) in [5.74, 6) is 0.850. The first-order valence-corrected chi connectivity index (χ1v) is 6.58. The van der Waals surface area contributed by atoms with E-state index in [1.165, 1.54) is 0 Å². The van der Waals surface area contributed by atoms with Crippen molar-refractivity contribution in [1.29, 1.82) is 0 Å². The van der Waals surface area contributed by atoms with E-state index in [9.17, 15) is 0 Å². The Balaban J connectivity index is 2.40. The van der Waals surface area contributed by atoms with E-state index < -0.39 is 0 Å². The van der Waals surface area contributed by atoms with Crippen molar-refractivity contribution >= 4 is 0 Å². The molecule has 1 unspecified atom stereocenters. The maximum absolute atomic E-state index is 5.65. The van der Waals surface area contributed by atoms with Gasteiger partial charge in [-0.2, -0.15) is 0 Å². The van der Waals surface area contributed by atoms with Gasteiger partial charge in [-0.15, -0.1) is 0 Å². The Morgan fingerprint density at radius 2 is 2.17 bits per heavy atom. The predicted octanol–water partition coefficient (Wildman–Crippen LogP) is 2.08. The summed E-state index contributed by atoms with van der Waals surface area (Å²) in [4.78, 5) is 6.59. The first-order chi connectivity index (χ1) is 8.67. The smallest absolute Gasteiger partial charge is 0.137 e. The Bertz CT molecular complexity index is 320. The summed E-state index contributed by atoms with van der Waals surface area (Å²) in [7, 11) is 6.10. The lowest BCUT2D eigenvalue weighted by molar-refractivity contribution is 0.280. The lowest BCUT2D eigenvalue weighted by Gasteiger charge is -2.14. The third-order valence-electron chi connectivity index (χ3n) is 2.89. The predicted molar refractivity (Wildman–Crippen MR) is 75.0 cm³/mol. The zero-order valence-corrected chi connectivity index (χ0v) is 11.9. The number of pyridine rings is 1. The monoisotopic (exact) mass is 251 g/mol. The van der Waals surface area contributed by atoms with E-state index in [0.29, 0.717) is 6.04 Å². The van der Waals surface area contributed by atoms with Gasteiger partial charge in [0.05, 0.1) is 18.5 Å². The molecule has 4 heteroatoms. The molecule has 0 aliphatic heterocycles. The van der Waals surface area contributed by atoms with Gasteiger partial charge in [-0.05, 0) is 46.1 Å². The molecule has 0 amide bonds. The normalized spacial score (nSPS) is 12.7. The van der Waals surface area contributed by atoms with E-state index in [4.69, 9.17) is 4.74 Å². The van der Waals surface area contributed by atoms with Gasteiger partial charge >= 0.3 is 0 Å². The Morgan fingerprint density at radius 3 is 2.67 bits per heavy atom. The lowest BCUT2D eigenvalue weighted by atomic mass is 10.1. The molecule has 0 aliphatic carbocycles. The Hall–Kier alpha value is -1.13. The molecule has 0 saturated carbocycles. The van der Waals surface area contributed by atoms with Crippen molar-refractivity contribution in [2.45, 2.75) is 25.8 Å². The molecule has 1 heterocycles. The number of ether oxygens (including phenoxy) is 1. The van der Waals surface area contributed by atoms with Gasteiger partial charge in [0.25, 0.3) is 0 Å². The van der Waals surface area contributed by atoms with Crippen LogP contribution in [0.2, 0.25) is 0 Å². The molecule has 1 aromatic heterocycles. The average molecular weight is 251 g/mol. The summed E-state index contributed by atoms with van der Waals surface area (Å²) in [6.45, 7) is 3.93. The van der Waals surface area contributed by atoms with Crippen LogP contribution in [0.4, 0.5) is 0 Å². The van der Waals surface area contributed by atoms with E-state index >= 15 is 0 Å². The third kappa shape index (κ3) is 5.02. The topological polar surface area (TPSA) is 37.4 Å². The second kappa shape index (κ2) is 8.06. The molecule has 1 atom stereocenters. The molecule has 4 nitrogen and oxygen atoms in total. The van der Waals surface area contributed by atoms with Crippen LogP contribution in [0.5, 0.6) is 5.75 Å². The van der Waals surface area contributed by atoms with E-state index in [1.54, 1.807) is 0 Å². The zero-order chi connectivity index (χ0) is 13.4. The highest BCUT2D eigenvalue weighted by atomic mass is 16.5. The van der Waals surface area contributed by atoms with Crippen LogP contribution < -0.4 is 10.1 Å². The molecular weight excluding hydrogens is 226 g/mol. The maximum atomic E-state index is 5.65. The minimum Gasteiger partial charge on any atom is -0.492 e. The molecule has 0 saturated heterocycles. The minimum absolute atomic E-state index is 0.327. The fourth-order valence-electron chi connectivity index (χ4n) is 1.82. The van der Waals surface area contributed by atoms with Crippen molar-refractivity contribution in [3.8, 4) is 5.75 Å². The maximum Gasteiger partial charge on any atom is 0.137 e. The van der Waals surface area contributed by atoms with E-state index in [0.717, 1.165) is 37.4 Å². The standard InChI is InChI=1S/C14H25N3O/c1-5-13(15-2)14-8-7-12(11-16-14)18-10-6-9-17(3)4/h7-8,11,13,15H,5-6,9-10H2,1-4H3. The van der Waals surface area contributed by atoms with Gasteiger partial charge in [0, 0.05) is 12.6 Å². The van der Waals surface area contributed by atoms with E-state index in [2.05, 4.69) is 36.2 Å². The van der Waals surface area contributed by atoms with E-state index in [1.807, 2.05) is 25.4 Å². The fraction of sp³-hybridized carbons (Fsp3) is 0.643. The Kier molecular flexibility index (Phi) is 6.68. The van der Waals surface area contributed by atoms with Crippen LogP contribution in [-0.4, -0.2) is 44.2 Å². The molecule has 0 fully saturated rings. The highest BCUT2D eigenvalue weighted by molar-refractivity contribution is 5.21. The highest BCUT2D eigenvalue weighted by Gasteiger charge is 2.07. The Morgan fingerprint density at radius 1 is 1.39 bits per heavy atom. The fourth-order valence-corrected chi connectivity index (χ4v) is 1.82. The number of nitrogens with zero attached hydrogens (tertiary/aromatic N) is 2. The number of rotatable bonds is 8. The second-order valence-electron chi connectivity index (χ2n) is 4.67. The van der Waals surface area contributed by atoms with Crippen LogP contribution in [0.1, 0.15) is 31.5 Å². The average Bonchev–Trinajstić information content (AvgIpc) is 2.37. The molecule has 0 aliphatic rings. The largest absolute Gasteiger partial charge is 0.492 e. The molecule has 0 aromatic carbocycles. The first-order valence-electron chi connectivity index (χ1n) is 6.58. The van der Waals surface area contributed by atoms with E-state index in [-0.39, 0.29) is 0 Å². The van der Waals surface area contributed by atoms with Crippen molar-refractivity contribution in [2.24, 2.45) is 0 Å². The lowest BCUT2D eigenvalue weighted by Crippen LogP contribution is -2.17. The van der Waals surface area contributed by atoms with Crippen LogP contribution in [0.15, 0.2) is 18.3 Å². The molecule has 1 aromatic rings. The van der Waals surface area contributed by atoms with Gasteiger partial charge in [0.1, 0.15) is 5.75 Å². The second-order valence-corrected chi connectivity index (χ2v) is 4.67. The molecule has 102 valence electrons. The molecule has 1 N–H and O–H groups in total. The van der Waals surface area contributed by atoms with Crippen LogP contribution >= 0.6 is 0 Å².